The van der Waals surface area contributed by atoms with Crippen molar-refractivity contribution in [3.05, 3.63) is 23.8 Å². The molecule has 1 N–H and O–H groups in total. The van der Waals surface area contributed by atoms with Crippen molar-refractivity contribution in [3.8, 4) is 0 Å². The average molecular weight is 249 g/mol. The largest absolute Gasteiger partial charge is 0.481 e. The van der Waals surface area contributed by atoms with E-state index in [-0.39, 0.29) is 18.1 Å². The van der Waals surface area contributed by atoms with Crippen LogP contribution in [0.25, 0.3) is 0 Å². The van der Waals surface area contributed by atoms with E-state index in [0.29, 0.717) is 13.0 Å². The molecule has 1 atom stereocenters. The Labute approximate surface area is 105 Å². The number of carboxylic acid groups (broad SMARTS) is 1. The SMILES string of the molecule is Cc1cnc(C(=O)N2CCC(C)(C(=O)O)C2)cn1. The highest BCUT2D eigenvalue weighted by Crippen LogP contribution is 2.30. The zero-order valence-corrected chi connectivity index (χ0v) is 10.4. The molecule has 1 aromatic heterocycles. The van der Waals surface area contributed by atoms with E-state index in [4.69, 9.17) is 5.11 Å². The van der Waals surface area contributed by atoms with Gasteiger partial charge >= 0.3 is 5.97 Å². The fourth-order valence-corrected chi connectivity index (χ4v) is 1.97. The number of aromatic nitrogens is 2. The summed E-state index contributed by atoms with van der Waals surface area (Å²) in [7, 11) is 0. The smallest absolute Gasteiger partial charge is 0.311 e. The highest BCUT2D eigenvalue weighted by molar-refractivity contribution is 5.93. The van der Waals surface area contributed by atoms with Crippen LogP contribution >= 0.6 is 0 Å². The first-order valence-electron chi connectivity index (χ1n) is 5.74. The Morgan fingerprint density at radius 3 is 2.61 bits per heavy atom. The minimum Gasteiger partial charge on any atom is -0.481 e. The number of rotatable bonds is 2. The molecule has 6 heteroatoms. The molecule has 18 heavy (non-hydrogen) atoms. The number of carboxylic acids is 1. The molecular formula is C12H15N3O3. The maximum atomic E-state index is 12.1. The van der Waals surface area contributed by atoms with Crippen LogP contribution in [-0.2, 0) is 4.79 Å². The Bertz CT molecular complexity index is 486. The molecule has 0 bridgehead atoms. The van der Waals surface area contributed by atoms with Gasteiger partial charge in [0, 0.05) is 19.3 Å². The Hall–Kier alpha value is -1.98. The number of carbonyl (C=O) groups excluding carboxylic acids is 1. The summed E-state index contributed by atoms with van der Waals surface area (Å²) >= 11 is 0. The van der Waals surface area contributed by atoms with Crippen molar-refractivity contribution in [1.29, 1.82) is 0 Å². The van der Waals surface area contributed by atoms with Gasteiger partial charge in [0.15, 0.2) is 0 Å². The van der Waals surface area contributed by atoms with E-state index in [2.05, 4.69) is 9.97 Å². The Kier molecular flexibility index (Phi) is 3.02. The second-order valence-electron chi connectivity index (χ2n) is 4.89. The van der Waals surface area contributed by atoms with E-state index < -0.39 is 11.4 Å². The third kappa shape index (κ3) is 2.18. The van der Waals surface area contributed by atoms with Gasteiger partial charge in [-0.2, -0.15) is 0 Å². The summed E-state index contributed by atoms with van der Waals surface area (Å²) < 4.78 is 0. The third-order valence-electron chi connectivity index (χ3n) is 3.28. The molecule has 0 aliphatic carbocycles. The molecule has 6 nitrogen and oxygen atoms in total. The van der Waals surface area contributed by atoms with Gasteiger partial charge in [0.05, 0.1) is 17.3 Å². The van der Waals surface area contributed by atoms with Gasteiger partial charge in [-0.05, 0) is 20.3 Å². The zero-order chi connectivity index (χ0) is 13.3. The molecule has 0 saturated carbocycles. The number of carbonyl (C=O) groups is 2. The third-order valence-corrected chi connectivity index (χ3v) is 3.28. The molecule has 1 aromatic rings. The number of aryl methyl sites for hydroxylation is 1. The second-order valence-corrected chi connectivity index (χ2v) is 4.89. The number of hydrogen-bond acceptors (Lipinski definition) is 4. The lowest BCUT2D eigenvalue weighted by Gasteiger charge is -2.19. The highest BCUT2D eigenvalue weighted by atomic mass is 16.4. The van der Waals surface area contributed by atoms with Gasteiger partial charge in [0.1, 0.15) is 5.69 Å². The molecule has 0 spiro atoms. The summed E-state index contributed by atoms with van der Waals surface area (Å²) in [5.41, 5.74) is 0.145. The van der Waals surface area contributed by atoms with Gasteiger partial charge in [0.2, 0.25) is 0 Å². The maximum absolute atomic E-state index is 12.1. The second kappa shape index (κ2) is 4.36. The number of hydrogen-bond donors (Lipinski definition) is 1. The van der Waals surface area contributed by atoms with E-state index in [0.717, 1.165) is 5.69 Å². The van der Waals surface area contributed by atoms with Crippen LogP contribution in [-0.4, -0.2) is 44.9 Å². The summed E-state index contributed by atoms with van der Waals surface area (Å²) in [6.07, 6.45) is 3.42. The molecule has 96 valence electrons. The minimum atomic E-state index is -0.868. The molecule has 1 unspecified atom stereocenters. The maximum Gasteiger partial charge on any atom is 0.311 e. The van der Waals surface area contributed by atoms with Crippen molar-refractivity contribution in [2.75, 3.05) is 13.1 Å². The molecule has 1 fully saturated rings. The minimum absolute atomic E-state index is 0.219. The van der Waals surface area contributed by atoms with Crippen molar-refractivity contribution < 1.29 is 14.7 Å². The lowest BCUT2D eigenvalue weighted by Crippen LogP contribution is -2.35. The Morgan fingerprint density at radius 2 is 2.11 bits per heavy atom. The molecule has 0 aromatic carbocycles. The number of likely N-dealkylation sites (tertiary alicyclic amines) is 1. The normalized spacial score (nSPS) is 23.1. The highest BCUT2D eigenvalue weighted by Gasteiger charge is 2.42. The number of amides is 1. The van der Waals surface area contributed by atoms with Crippen LogP contribution in [0.5, 0.6) is 0 Å². The molecule has 2 rings (SSSR count). The van der Waals surface area contributed by atoms with Crippen LogP contribution in [0.4, 0.5) is 0 Å². The van der Waals surface area contributed by atoms with Crippen molar-refractivity contribution in [2.24, 2.45) is 5.41 Å². The van der Waals surface area contributed by atoms with E-state index in [1.165, 1.54) is 17.3 Å². The van der Waals surface area contributed by atoms with Crippen LogP contribution < -0.4 is 0 Å². The summed E-state index contributed by atoms with van der Waals surface area (Å²) in [6.45, 7) is 4.11. The Balaban J connectivity index is 2.12. The first-order chi connectivity index (χ1) is 8.42. The van der Waals surface area contributed by atoms with Crippen LogP contribution in [0, 0.1) is 12.3 Å². The van der Waals surface area contributed by atoms with Crippen LogP contribution in [0.1, 0.15) is 29.5 Å². The van der Waals surface area contributed by atoms with E-state index >= 15 is 0 Å². The summed E-state index contributed by atoms with van der Waals surface area (Å²) in [5, 5.41) is 9.11. The lowest BCUT2D eigenvalue weighted by atomic mass is 9.90. The van der Waals surface area contributed by atoms with Gasteiger partial charge in [-0.15, -0.1) is 0 Å². The molecule has 2 heterocycles. The number of aliphatic carboxylic acids is 1. The fourth-order valence-electron chi connectivity index (χ4n) is 1.97. The van der Waals surface area contributed by atoms with E-state index in [1.54, 1.807) is 13.8 Å². The fraction of sp³-hybridized carbons (Fsp3) is 0.500. The topological polar surface area (TPSA) is 83.4 Å². The van der Waals surface area contributed by atoms with Crippen LogP contribution in [0.2, 0.25) is 0 Å². The monoisotopic (exact) mass is 249 g/mol. The Morgan fingerprint density at radius 1 is 1.39 bits per heavy atom. The molecule has 1 aliphatic heterocycles. The van der Waals surface area contributed by atoms with Crippen LogP contribution in [0.15, 0.2) is 12.4 Å². The predicted octanol–water partition coefficient (Wildman–Crippen LogP) is 0.722. The zero-order valence-electron chi connectivity index (χ0n) is 10.4. The van der Waals surface area contributed by atoms with Crippen molar-refractivity contribution in [1.82, 2.24) is 14.9 Å². The lowest BCUT2D eigenvalue weighted by molar-refractivity contribution is -0.147. The van der Waals surface area contributed by atoms with Crippen molar-refractivity contribution in [3.63, 3.8) is 0 Å². The average Bonchev–Trinajstić information content (AvgIpc) is 2.73. The predicted molar refractivity (Wildman–Crippen MR) is 63.0 cm³/mol. The van der Waals surface area contributed by atoms with Gasteiger partial charge in [-0.25, -0.2) is 4.98 Å². The molecular weight excluding hydrogens is 234 g/mol. The van der Waals surface area contributed by atoms with Crippen molar-refractivity contribution >= 4 is 11.9 Å². The molecule has 1 aliphatic rings. The molecule has 1 saturated heterocycles. The summed E-state index contributed by atoms with van der Waals surface area (Å²) in [4.78, 5) is 32.8. The van der Waals surface area contributed by atoms with E-state index in [9.17, 15) is 9.59 Å². The first-order valence-corrected chi connectivity index (χ1v) is 5.74. The van der Waals surface area contributed by atoms with E-state index in [1.807, 2.05) is 0 Å². The molecule has 1 amide bonds. The van der Waals surface area contributed by atoms with Gasteiger partial charge < -0.3 is 10.0 Å². The van der Waals surface area contributed by atoms with Gasteiger partial charge in [-0.1, -0.05) is 0 Å². The van der Waals surface area contributed by atoms with Gasteiger partial charge in [0.25, 0.3) is 5.91 Å². The standard InChI is InChI=1S/C12H15N3O3/c1-8-5-14-9(6-13-8)10(16)15-4-3-12(2,7-15)11(17)18/h5-6H,3-4,7H2,1-2H3,(H,17,18). The molecule has 0 radical (unpaired) electrons. The number of nitrogens with zero attached hydrogens (tertiary/aromatic N) is 3. The van der Waals surface area contributed by atoms with Crippen LogP contribution in [0.3, 0.4) is 0 Å². The summed E-state index contributed by atoms with van der Waals surface area (Å²) in [5.74, 6) is -1.12. The first kappa shape index (κ1) is 12.5. The quantitative estimate of drug-likeness (QED) is 0.835. The summed E-state index contributed by atoms with van der Waals surface area (Å²) in [6, 6.07) is 0. The van der Waals surface area contributed by atoms with Gasteiger partial charge in [-0.3, -0.25) is 14.6 Å². The van der Waals surface area contributed by atoms with Crippen molar-refractivity contribution in [2.45, 2.75) is 20.3 Å².